The number of likely N-dealkylation sites (tertiary alicyclic amines) is 1. The molecule has 32 heavy (non-hydrogen) atoms. The first-order valence-corrected chi connectivity index (χ1v) is 11.1. The number of nitrogens with one attached hydrogen (secondary N) is 2. The number of benzene rings is 2. The summed E-state index contributed by atoms with van der Waals surface area (Å²) in [5.41, 5.74) is 2.29. The van der Waals surface area contributed by atoms with Crippen LogP contribution in [0.5, 0.6) is 5.75 Å². The molecule has 1 aliphatic rings. The first kappa shape index (κ1) is 23.3. The van der Waals surface area contributed by atoms with Gasteiger partial charge in [-0.3, -0.25) is 14.4 Å². The summed E-state index contributed by atoms with van der Waals surface area (Å²) in [5.74, 6) is 0.538. The Labute approximate surface area is 189 Å². The Hall–Kier alpha value is -3.35. The van der Waals surface area contributed by atoms with E-state index in [0.29, 0.717) is 56.8 Å². The summed E-state index contributed by atoms with van der Waals surface area (Å²) in [6.45, 7) is 5.18. The molecule has 1 aliphatic heterocycles. The van der Waals surface area contributed by atoms with E-state index in [9.17, 15) is 14.4 Å². The SMILES string of the molecule is CCC(=O)Nc1ccc(C)c(NC(=O)C2CCN(C(=O)CCOc3ccccc3)CC2)c1. The van der Waals surface area contributed by atoms with E-state index in [0.717, 1.165) is 11.3 Å². The molecule has 2 N–H and O–H groups in total. The molecular formula is C25H31N3O4. The topological polar surface area (TPSA) is 87.7 Å². The van der Waals surface area contributed by atoms with Crippen LogP contribution in [-0.4, -0.2) is 42.3 Å². The Morgan fingerprint density at radius 2 is 1.75 bits per heavy atom. The van der Waals surface area contributed by atoms with Crippen molar-refractivity contribution in [2.24, 2.45) is 5.92 Å². The van der Waals surface area contributed by atoms with Gasteiger partial charge in [-0.25, -0.2) is 0 Å². The van der Waals surface area contributed by atoms with Crippen molar-refractivity contribution >= 4 is 29.1 Å². The van der Waals surface area contributed by atoms with Gasteiger partial charge in [0.2, 0.25) is 17.7 Å². The Kier molecular flexibility index (Phi) is 8.25. The molecule has 0 spiro atoms. The van der Waals surface area contributed by atoms with Crippen molar-refractivity contribution in [3.63, 3.8) is 0 Å². The lowest BCUT2D eigenvalue weighted by atomic mass is 9.95. The van der Waals surface area contributed by atoms with E-state index in [1.165, 1.54) is 0 Å². The minimum absolute atomic E-state index is 0.0495. The molecule has 1 fully saturated rings. The normalized spacial score (nSPS) is 14.0. The van der Waals surface area contributed by atoms with Gasteiger partial charge in [0.25, 0.3) is 0 Å². The fourth-order valence-electron chi connectivity index (χ4n) is 3.64. The molecule has 1 saturated heterocycles. The van der Waals surface area contributed by atoms with Gasteiger partial charge in [0.1, 0.15) is 5.75 Å². The van der Waals surface area contributed by atoms with Crippen molar-refractivity contribution in [3.8, 4) is 5.75 Å². The molecule has 0 radical (unpaired) electrons. The van der Waals surface area contributed by atoms with Crippen LogP contribution in [-0.2, 0) is 14.4 Å². The number of anilines is 2. The molecule has 0 aliphatic carbocycles. The third kappa shape index (κ3) is 6.57. The van der Waals surface area contributed by atoms with Crippen LogP contribution < -0.4 is 15.4 Å². The number of ether oxygens (including phenoxy) is 1. The van der Waals surface area contributed by atoms with Crippen LogP contribution in [0.15, 0.2) is 48.5 Å². The standard InChI is InChI=1S/C25H31N3O4/c1-3-23(29)26-20-10-9-18(2)22(17-20)27-25(31)19-11-14-28(15-12-19)24(30)13-16-32-21-7-5-4-6-8-21/h4-10,17,19H,3,11-16H2,1-2H3,(H,26,29)(H,27,31). The predicted octanol–water partition coefficient (Wildman–Crippen LogP) is 3.99. The Morgan fingerprint density at radius 3 is 2.44 bits per heavy atom. The molecule has 0 atom stereocenters. The van der Waals surface area contributed by atoms with Crippen LogP contribution in [0.25, 0.3) is 0 Å². The van der Waals surface area contributed by atoms with Crippen LogP contribution in [0, 0.1) is 12.8 Å². The second kappa shape index (κ2) is 11.3. The number of para-hydroxylation sites is 1. The van der Waals surface area contributed by atoms with Gasteiger partial charge >= 0.3 is 0 Å². The van der Waals surface area contributed by atoms with Crippen molar-refractivity contribution in [2.45, 2.75) is 39.5 Å². The zero-order valence-electron chi connectivity index (χ0n) is 18.7. The Bertz CT molecular complexity index is 937. The predicted molar refractivity (Wildman–Crippen MR) is 125 cm³/mol. The Balaban J connectivity index is 1.45. The molecule has 2 aromatic carbocycles. The number of rotatable bonds is 8. The van der Waals surface area contributed by atoms with Crippen LogP contribution in [0.3, 0.4) is 0 Å². The van der Waals surface area contributed by atoms with E-state index in [1.54, 1.807) is 13.0 Å². The average molecular weight is 438 g/mol. The van der Waals surface area contributed by atoms with Crippen molar-refractivity contribution in [1.29, 1.82) is 0 Å². The van der Waals surface area contributed by atoms with Crippen LogP contribution in [0.4, 0.5) is 11.4 Å². The second-order valence-corrected chi connectivity index (χ2v) is 7.99. The number of carbonyl (C=O) groups excluding carboxylic acids is 3. The van der Waals surface area contributed by atoms with Gasteiger partial charge in [0.15, 0.2) is 0 Å². The molecular weight excluding hydrogens is 406 g/mol. The molecule has 2 aromatic rings. The van der Waals surface area contributed by atoms with E-state index in [-0.39, 0.29) is 23.6 Å². The van der Waals surface area contributed by atoms with Gasteiger partial charge in [0, 0.05) is 36.8 Å². The third-order valence-corrected chi connectivity index (χ3v) is 5.65. The lowest BCUT2D eigenvalue weighted by molar-refractivity contribution is -0.135. The zero-order valence-corrected chi connectivity index (χ0v) is 18.7. The minimum atomic E-state index is -0.145. The molecule has 7 nitrogen and oxygen atoms in total. The van der Waals surface area contributed by atoms with Crippen molar-refractivity contribution < 1.29 is 19.1 Å². The van der Waals surface area contributed by atoms with E-state index < -0.39 is 0 Å². The number of piperidine rings is 1. The smallest absolute Gasteiger partial charge is 0.227 e. The second-order valence-electron chi connectivity index (χ2n) is 7.99. The molecule has 0 unspecified atom stereocenters. The summed E-state index contributed by atoms with van der Waals surface area (Å²) < 4.78 is 5.61. The molecule has 0 aromatic heterocycles. The average Bonchev–Trinajstić information content (AvgIpc) is 2.81. The number of aryl methyl sites for hydroxylation is 1. The van der Waals surface area contributed by atoms with Crippen molar-refractivity contribution in [1.82, 2.24) is 4.90 Å². The summed E-state index contributed by atoms with van der Waals surface area (Å²) in [6.07, 6.45) is 1.97. The van der Waals surface area contributed by atoms with Gasteiger partial charge in [-0.1, -0.05) is 31.2 Å². The summed E-state index contributed by atoms with van der Waals surface area (Å²) in [7, 11) is 0. The lowest BCUT2D eigenvalue weighted by Gasteiger charge is -2.31. The highest BCUT2D eigenvalue weighted by molar-refractivity contribution is 5.95. The molecule has 0 saturated carbocycles. The van der Waals surface area contributed by atoms with Crippen molar-refractivity contribution in [3.05, 3.63) is 54.1 Å². The molecule has 3 amide bonds. The molecule has 1 heterocycles. The summed E-state index contributed by atoms with van der Waals surface area (Å²) in [5, 5.41) is 5.81. The van der Waals surface area contributed by atoms with Gasteiger partial charge in [0.05, 0.1) is 13.0 Å². The highest BCUT2D eigenvalue weighted by Gasteiger charge is 2.27. The summed E-state index contributed by atoms with van der Waals surface area (Å²) in [4.78, 5) is 38.7. The van der Waals surface area contributed by atoms with Gasteiger partial charge in [-0.05, 0) is 49.6 Å². The first-order chi connectivity index (χ1) is 15.5. The maximum absolute atomic E-state index is 12.8. The highest BCUT2D eigenvalue weighted by atomic mass is 16.5. The van der Waals surface area contributed by atoms with E-state index in [4.69, 9.17) is 4.74 Å². The van der Waals surface area contributed by atoms with E-state index in [1.807, 2.05) is 54.3 Å². The number of hydrogen-bond acceptors (Lipinski definition) is 4. The van der Waals surface area contributed by atoms with E-state index in [2.05, 4.69) is 10.6 Å². The van der Waals surface area contributed by atoms with Crippen LogP contribution in [0.2, 0.25) is 0 Å². The maximum Gasteiger partial charge on any atom is 0.227 e. The summed E-state index contributed by atoms with van der Waals surface area (Å²) >= 11 is 0. The fraction of sp³-hybridized carbons (Fsp3) is 0.400. The number of hydrogen-bond donors (Lipinski definition) is 2. The van der Waals surface area contributed by atoms with E-state index >= 15 is 0 Å². The van der Waals surface area contributed by atoms with Gasteiger partial charge < -0.3 is 20.3 Å². The van der Waals surface area contributed by atoms with Gasteiger partial charge in [-0.2, -0.15) is 0 Å². The molecule has 0 bridgehead atoms. The molecule has 3 rings (SSSR count). The number of carbonyl (C=O) groups is 3. The van der Waals surface area contributed by atoms with Gasteiger partial charge in [-0.15, -0.1) is 0 Å². The zero-order chi connectivity index (χ0) is 22.9. The largest absolute Gasteiger partial charge is 0.493 e. The van der Waals surface area contributed by atoms with Crippen LogP contribution in [0.1, 0.15) is 38.2 Å². The Morgan fingerprint density at radius 1 is 1.03 bits per heavy atom. The quantitative estimate of drug-likeness (QED) is 0.654. The molecule has 170 valence electrons. The monoisotopic (exact) mass is 437 g/mol. The summed E-state index contributed by atoms with van der Waals surface area (Å²) in [6, 6.07) is 14.9. The van der Waals surface area contributed by atoms with Crippen LogP contribution >= 0.6 is 0 Å². The highest BCUT2D eigenvalue weighted by Crippen LogP contribution is 2.24. The van der Waals surface area contributed by atoms with Crippen molar-refractivity contribution in [2.75, 3.05) is 30.3 Å². The third-order valence-electron chi connectivity index (χ3n) is 5.65. The lowest BCUT2D eigenvalue weighted by Crippen LogP contribution is -2.41. The number of nitrogens with zero attached hydrogens (tertiary/aromatic N) is 1. The molecule has 7 heteroatoms. The number of amides is 3. The maximum atomic E-state index is 12.8. The first-order valence-electron chi connectivity index (χ1n) is 11.1. The minimum Gasteiger partial charge on any atom is -0.493 e. The fourth-order valence-corrected chi connectivity index (χ4v) is 3.64.